The Balaban J connectivity index is 1.83. The first-order chi connectivity index (χ1) is 9.63. The van der Waals surface area contributed by atoms with E-state index in [1.165, 1.54) is 6.42 Å². The molecular weight excluding hydrogens is 252 g/mol. The predicted octanol–water partition coefficient (Wildman–Crippen LogP) is 1.51. The molecule has 5 heteroatoms. The zero-order valence-electron chi connectivity index (χ0n) is 12.4. The van der Waals surface area contributed by atoms with E-state index >= 15 is 0 Å². The zero-order chi connectivity index (χ0) is 14.1. The van der Waals surface area contributed by atoms with Crippen molar-refractivity contribution in [2.75, 3.05) is 31.6 Å². The molecule has 1 aromatic rings. The molecule has 0 aliphatic carbocycles. The van der Waals surface area contributed by atoms with Gasteiger partial charge in [-0.15, -0.1) is 0 Å². The lowest BCUT2D eigenvalue weighted by molar-refractivity contribution is 0.145. The van der Waals surface area contributed by atoms with Crippen LogP contribution >= 0.6 is 0 Å². The smallest absolute Gasteiger partial charge is 0.148 e. The summed E-state index contributed by atoms with van der Waals surface area (Å²) in [6.45, 7) is 4.95. The maximum atomic E-state index is 9.62. The zero-order valence-corrected chi connectivity index (χ0v) is 12.4. The Hall–Kier alpha value is -1.20. The highest BCUT2D eigenvalue weighted by atomic mass is 16.3. The van der Waals surface area contributed by atoms with Crippen molar-refractivity contribution in [3.8, 4) is 0 Å². The summed E-state index contributed by atoms with van der Waals surface area (Å²) in [7, 11) is 2.15. The molecule has 2 saturated heterocycles. The molecule has 3 heterocycles. The van der Waals surface area contributed by atoms with Gasteiger partial charge in [-0.1, -0.05) is 0 Å². The van der Waals surface area contributed by atoms with Gasteiger partial charge in [0.05, 0.1) is 12.1 Å². The SMILES string of the molecule is Cc1cc(N2CCC(O)CC2)nc(C2CCCN2C)n1. The van der Waals surface area contributed by atoms with Crippen LogP contribution in [0.4, 0.5) is 5.82 Å². The molecule has 1 N–H and O–H groups in total. The van der Waals surface area contributed by atoms with Gasteiger partial charge in [0.25, 0.3) is 0 Å². The van der Waals surface area contributed by atoms with Crippen LogP contribution in [0.2, 0.25) is 0 Å². The number of aromatic nitrogens is 2. The molecule has 0 aromatic carbocycles. The van der Waals surface area contributed by atoms with E-state index in [1.54, 1.807) is 0 Å². The van der Waals surface area contributed by atoms with Gasteiger partial charge in [-0.25, -0.2) is 9.97 Å². The lowest BCUT2D eigenvalue weighted by Crippen LogP contribution is -2.36. The summed E-state index contributed by atoms with van der Waals surface area (Å²) in [5, 5.41) is 9.62. The van der Waals surface area contributed by atoms with Gasteiger partial charge < -0.3 is 10.0 Å². The van der Waals surface area contributed by atoms with Crippen molar-refractivity contribution in [2.24, 2.45) is 0 Å². The van der Waals surface area contributed by atoms with Crippen molar-refractivity contribution in [3.63, 3.8) is 0 Å². The van der Waals surface area contributed by atoms with E-state index in [9.17, 15) is 5.11 Å². The van der Waals surface area contributed by atoms with Gasteiger partial charge in [-0.2, -0.15) is 0 Å². The minimum atomic E-state index is -0.144. The quantitative estimate of drug-likeness (QED) is 0.887. The molecule has 0 amide bonds. The van der Waals surface area contributed by atoms with E-state index in [2.05, 4.69) is 27.9 Å². The summed E-state index contributed by atoms with van der Waals surface area (Å²) in [5.74, 6) is 1.99. The number of aliphatic hydroxyl groups is 1. The lowest BCUT2D eigenvalue weighted by Gasteiger charge is -2.31. The molecule has 0 spiro atoms. The van der Waals surface area contributed by atoms with Gasteiger partial charge in [-0.3, -0.25) is 4.90 Å². The first kappa shape index (κ1) is 13.8. The Morgan fingerprint density at radius 3 is 2.55 bits per heavy atom. The van der Waals surface area contributed by atoms with E-state index in [0.717, 1.165) is 56.2 Å². The largest absolute Gasteiger partial charge is 0.393 e. The Bertz CT molecular complexity index is 471. The van der Waals surface area contributed by atoms with E-state index < -0.39 is 0 Å². The summed E-state index contributed by atoms with van der Waals surface area (Å²) >= 11 is 0. The van der Waals surface area contributed by atoms with Crippen LogP contribution in [0.3, 0.4) is 0 Å². The van der Waals surface area contributed by atoms with Crippen molar-refractivity contribution in [1.82, 2.24) is 14.9 Å². The fraction of sp³-hybridized carbons (Fsp3) is 0.733. The highest BCUT2D eigenvalue weighted by Crippen LogP contribution is 2.29. The molecule has 3 rings (SSSR count). The number of hydrogen-bond acceptors (Lipinski definition) is 5. The standard InChI is InChI=1S/C15H24N4O/c1-11-10-14(19-8-5-12(20)6-9-19)17-15(16-11)13-4-3-7-18(13)2/h10,12-13,20H,3-9H2,1-2H3. The van der Waals surface area contributed by atoms with Crippen LogP contribution in [0.15, 0.2) is 6.07 Å². The van der Waals surface area contributed by atoms with Crippen LogP contribution in [-0.4, -0.2) is 52.8 Å². The summed E-state index contributed by atoms with van der Waals surface area (Å²) in [4.78, 5) is 14.1. The van der Waals surface area contributed by atoms with Crippen molar-refractivity contribution >= 4 is 5.82 Å². The monoisotopic (exact) mass is 276 g/mol. The summed E-state index contributed by atoms with van der Waals surface area (Å²) in [5.41, 5.74) is 1.04. The van der Waals surface area contributed by atoms with Crippen molar-refractivity contribution < 1.29 is 5.11 Å². The Morgan fingerprint density at radius 1 is 1.15 bits per heavy atom. The Labute approximate surface area is 120 Å². The van der Waals surface area contributed by atoms with Crippen LogP contribution in [0.5, 0.6) is 0 Å². The number of likely N-dealkylation sites (tertiary alicyclic amines) is 1. The van der Waals surface area contributed by atoms with Crippen molar-refractivity contribution in [1.29, 1.82) is 0 Å². The number of aliphatic hydroxyl groups excluding tert-OH is 1. The maximum Gasteiger partial charge on any atom is 0.148 e. The molecule has 0 saturated carbocycles. The molecular formula is C15H24N4O. The molecule has 0 radical (unpaired) electrons. The van der Waals surface area contributed by atoms with Gasteiger partial charge in [0, 0.05) is 24.8 Å². The van der Waals surface area contributed by atoms with Gasteiger partial charge in [0.1, 0.15) is 11.6 Å². The number of piperidine rings is 1. The highest BCUT2D eigenvalue weighted by Gasteiger charge is 2.26. The van der Waals surface area contributed by atoms with Crippen LogP contribution in [-0.2, 0) is 0 Å². The minimum absolute atomic E-state index is 0.144. The number of aryl methyl sites for hydroxylation is 1. The number of rotatable bonds is 2. The molecule has 1 atom stereocenters. The van der Waals surface area contributed by atoms with Gasteiger partial charge in [0.15, 0.2) is 0 Å². The van der Waals surface area contributed by atoms with E-state index in [-0.39, 0.29) is 6.10 Å². The van der Waals surface area contributed by atoms with Crippen LogP contribution in [0, 0.1) is 6.92 Å². The lowest BCUT2D eigenvalue weighted by atomic mass is 10.1. The molecule has 1 aromatic heterocycles. The highest BCUT2D eigenvalue weighted by molar-refractivity contribution is 5.40. The summed E-state index contributed by atoms with van der Waals surface area (Å²) in [6.07, 6.45) is 3.90. The molecule has 20 heavy (non-hydrogen) atoms. The third-order valence-corrected chi connectivity index (χ3v) is 4.46. The van der Waals surface area contributed by atoms with E-state index in [0.29, 0.717) is 6.04 Å². The van der Waals surface area contributed by atoms with Gasteiger partial charge in [-0.05, 0) is 46.2 Å². The third kappa shape index (κ3) is 2.79. The summed E-state index contributed by atoms with van der Waals surface area (Å²) < 4.78 is 0. The second-order valence-corrected chi connectivity index (χ2v) is 6.08. The fourth-order valence-corrected chi connectivity index (χ4v) is 3.22. The second-order valence-electron chi connectivity index (χ2n) is 6.08. The average molecular weight is 276 g/mol. The normalized spacial score (nSPS) is 25.4. The topological polar surface area (TPSA) is 52.5 Å². The van der Waals surface area contributed by atoms with Crippen LogP contribution in [0.1, 0.15) is 43.2 Å². The average Bonchev–Trinajstić information content (AvgIpc) is 2.85. The summed E-state index contributed by atoms with van der Waals surface area (Å²) in [6, 6.07) is 2.43. The molecule has 110 valence electrons. The maximum absolute atomic E-state index is 9.62. The molecule has 1 unspecified atom stereocenters. The van der Waals surface area contributed by atoms with Crippen LogP contribution in [0.25, 0.3) is 0 Å². The fourth-order valence-electron chi connectivity index (χ4n) is 3.22. The first-order valence-electron chi connectivity index (χ1n) is 7.62. The molecule has 2 aliphatic heterocycles. The molecule has 0 bridgehead atoms. The predicted molar refractivity (Wildman–Crippen MR) is 78.8 cm³/mol. The molecule has 2 aliphatic rings. The molecule has 5 nitrogen and oxygen atoms in total. The van der Waals surface area contributed by atoms with E-state index in [1.807, 2.05) is 6.92 Å². The third-order valence-electron chi connectivity index (χ3n) is 4.46. The molecule has 2 fully saturated rings. The second kappa shape index (κ2) is 5.66. The Morgan fingerprint density at radius 2 is 1.90 bits per heavy atom. The van der Waals surface area contributed by atoms with E-state index in [4.69, 9.17) is 4.98 Å². The number of anilines is 1. The Kier molecular flexibility index (Phi) is 3.89. The number of hydrogen-bond donors (Lipinski definition) is 1. The van der Waals surface area contributed by atoms with Crippen molar-refractivity contribution in [2.45, 2.75) is 44.8 Å². The van der Waals surface area contributed by atoms with Crippen LogP contribution < -0.4 is 4.90 Å². The van der Waals surface area contributed by atoms with Gasteiger partial charge in [0.2, 0.25) is 0 Å². The van der Waals surface area contributed by atoms with Crippen molar-refractivity contribution in [3.05, 3.63) is 17.6 Å². The van der Waals surface area contributed by atoms with Gasteiger partial charge >= 0.3 is 0 Å². The minimum Gasteiger partial charge on any atom is -0.393 e. The first-order valence-corrected chi connectivity index (χ1v) is 7.62. The number of nitrogens with zero attached hydrogens (tertiary/aromatic N) is 4.